The fourth-order valence-corrected chi connectivity index (χ4v) is 2.42. The van der Waals surface area contributed by atoms with Crippen LogP contribution in [0.4, 0.5) is 0 Å². The van der Waals surface area contributed by atoms with Crippen LogP contribution in [0.15, 0.2) is 32.7 Å². The number of hydrogen-bond donors (Lipinski definition) is 2. The Labute approximate surface area is 96.2 Å². The zero-order valence-corrected chi connectivity index (χ0v) is 9.80. The summed E-state index contributed by atoms with van der Waals surface area (Å²) in [6.07, 6.45) is 0. The van der Waals surface area contributed by atoms with E-state index in [1.165, 1.54) is 25.1 Å². The van der Waals surface area contributed by atoms with Crippen LogP contribution in [0.5, 0.6) is 0 Å². The van der Waals surface area contributed by atoms with Gasteiger partial charge in [-0.15, -0.1) is 0 Å². The largest absolute Gasteiger partial charge is 0.326 e. The lowest BCUT2D eigenvalue weighted by molar-refractivity contribution is 0.597. The average Bonchev–Trinajstić information content (AvgIpc) is 2.28. The fraction of sp³-hybridized carbons (Fsp3) is 0.200. The number of hydrogen-bond acceptors (Lipinski definition) is 4. The van der Waals surface area contributed by atoms with Gasteiger partial charge in [0, 0.05) is 0 Å². The standard InChI is InChI=1S/C10H10N2O4S/c1-2-17(15,16)6-3-4-7-8(5-6)11-10(14)12-9(7)13/h3-5H,2H2,1H3,(H2,11,12,13,14). The Morgan fingerprint density at radius 1 is 1.18 bits per heavy atom. The molecule has 6 nitrogen and oxygen atoms in total. The van der Waals surface area contributed by atoms with E-state index in [1.54, 1.807) is 0 Å². The van der Waals surface area contributed by atoms with Crippen molar-refractivity contribution in [3.05, 3.63) is 39.0 Å². The lowest BCUT2D eigenvalue weighted by atomic mass is 10.2. The van der Waals surface area contributed by atoms with E-state index in [0.29, 0.717) is 0 Å². The van der Waals surface area contributed by atoms with Crippen LogP contribution in [0.25, 0.3) is 10.9 Å². The molecule has 0 aliphatic carbocycles. The van der Waals surface area contributed by atoms with Gasteiger partial charge in [0.25, 0.3) is 5.56 Å². The Morgan fingerprint density at radius 3 is 2.53 bits per heavy atom. The molecule has 0 aliphatic heterocycles. The maximum Gasteiger partial charge on any atom is 0.326 e. The second kappa shape index (κ2) is 3.85. The molecule has 17 heavy (non-hydrogen) atoms. The van der Waals surface area contributed by atoms with Gasteiger partial charge in [-0.05, 0) is 18.2 Å². The fourth-order valence-electron chi connectivity index (χ4n) is 1.51. The molecule has 1 heterocycles. The molecule has 0 saturated heterocycles. The van der Waals surface area contributed by atoms with Crippen molar-refractivity contribution in [3.8, 4) is 0 Å². The van der Waals surface area contributed by atoms with Crippen LogP contribution in [0, 0.1) is 0 Å². The third-order valence-electron chi connectivity index (χ3n) is 2.45. The van der Waals surface area contributed by atoms with E-state index in [1.807, 2.05) is 0 Å². The van der Waals surface area contributed by atoms with Crippen LogP contribution in [0.3, 0.4) is 0 Å². The molecule has 0 radical (unpaired) electrons. The molecule has 0 amide bonds. The smallest absolute Gasteiger partial charge is 0.307 e. The molecule has 0 aliphatic rings. The Bertz CT molecular complexity index is 786. The van der Waals surface area contributed by atoms with E-state index in [2.05, 4.69) is 9.97 Å². The van der Waals surface area contributed by atoms with Crippen molar-refractivity contribution in [2.45, 2.75) is 11.8 Å². The van der Waals surface area contributed by atoms with Gasteiger partial charge in [-0.1, -0.05) is 6.92 Å². The summed E-state index contributed by atoms with van der Waals surface area (Å²) >= 11 is 0. The average molecular weight is 254 g/mol. The summed E-state index contributed by atoms with van der Waals surface area (Å²) in [6.45, 7) is 1.53. The van der Waals surface area contributed by atoms with Crippen LogP contribution in [0.2, 0.25) is 0 Å². The van der Waals surface area contributed by atoms with Crippen molar-refractivity contribution in [1.29, 1.82) is 0 Å². The summed E-state index contributed by atoms with van der Waals surface area (Å²) in [5, 5.41) is 0.250. The van der Waals surface area contributed by atoms with Gasteiger partial charge in [-0.2, -0.15) is 0 Å². The SMILES string of the molecule is CCS(=O)(=O)c1ccc2c(=O)[nH]c(=O)[nH]c2c1. The predicted molar refractivity (Wildman–Crippen MR) is 62.9 cm³/mol. The molecule has 7 heteroatoms. The minimum Gasteiger partial charge on any atom is -0.307 e. The van der Waals surface area contributed by atoms with E-state index in [-0.39, 0.29) is 21.6 Å². The zero-order chi connectivity index (χ0) is 12.6. The predicted octanol–water partition coefficient (Wildman–Crippen LogP) is 0.0100. The molecule has 0 atom stereocenters. The van der Waals surface area contributed by atoms with Gasteiger partial charge in [0.1, 0.15) is 0 Å². The van der Waals surface area contributed by atoms with Crippen LogP contribution in [-0.2, 0) is 9.84 Å². The molecule has 90 valence electrons. The second-order valence-corrected chi connectivity index (χ2v) is 5.80. The molecule has 2 N–H and O–H groups in total. The second-order valence-electron chi connectivity index (χ2n) is 3.52. The highest BCUT2D eigenvalue weighted by Gasteiger charge is 2.12. The lowest BCUT2D eigenvalue weighted by Gasteiger charge is -2.02. The quantitative estimate of drug-likeness (QED) is 0.788. The molecular weight excluding hydrogens is 244 g/mol. The third kappa shape index (κ3) is 2.01. The molecular formula is C10H10N2O4S. The van der Waals surface area contributed by atoms with Gasteiger partial charge < -0.3 is 4.98 Å². The van der Waals surface area contributed by atoms with Crippen LogP contribution >= 0.6 is 0 Å². The van der Waals surface area contributed by atoms with Gasteiger partial charge in [0.05, 0.1) is 21.6 Å². The van der Waals surface area contributed by atoms with Crippen molar-refractivity contribution in [1.82, 2.24) is 9.97 Å². The summed E-state index contributed by atoms with van der Waals surface area (Å²) < 4.78 is 23.3. The number of fused-ring (bicyclic) bond motifs is 1. The van der Waals surface area contributed by atoms with E-state index in [4.69, 9.17) is 0 Å². The van der Waals surface area contributed by atoms with E-state index in [9.17, 15) is 18.0 Å². The summed E-state index contributed by atoms with van der Waals surface area (Å²) in [5.41, 5.74) is -0.981. The Morgan fingerprint density at radius 2 is 1.88 bits per heavy atom. The molecule has 0 saturated carbocycles. The minimum atomic E-state index is -3.35. The van der Waals surface area contributed by atoms with Crippen LogP contribution in [0.1, 0.15) is 6.92 Å². The number of rotatable bonds is 2. The van der Waals surface area contributed by atoms with Gasteiger partial charge in [0.15, 0.2) is 9.84 Å². The highest BCUT2D eigenvalue weighted by Crippen LogP contribution is 2.15. The maximum atomic E-state index is 11.6. The number of benzene rings is 1. The van der Waals surface area contributed by atoms with Crippen molar-refractivity contribution in [2.75, 3.05) is 5.75 Å². The summed E-state index contributed by atoms with van der Waals surface area (Å²) in [7, 11) is -3.35. The molecule has 2 aromatic rings. The minimum absolute atomic E-state index is 0.0358. The highest BCUT2D eigenvalue weighted by molar-refractivity contribution is 7.91. The molecule has 2 rings (SSSR count). The molecule has 1 aromatic carbocycles. The van der Waals surface area contributed by atoms with Gasteiger partial charge >= 0.3 is 5.69 Å². The van der Waals surface area contributed by atoms with Gasteiger partial charge in [0.2, 0.25) is 0 Å². The topological polar surface area (TPSA) is 99.9 Å². The van der Waals surface area contributed by atoms with Gasteiger partial charge in [-0.3, -0.25) is 9.78 Å². The van der Waals surface area contributed by atoms with Crippen LogP contribution < -0.4 is 11.2 Å². The van der Waals surface area contributed by atoms with Gasteiger partial charge in [-0.25, -0.2) is 13.2 Å². The number of sulfone groups is 1. The van der Waals surface area contributed by atoms with Crippen molar-refractivity contribution in [2.24, 2.45) is 0 Å². The summed E-state index contributed by atoms with van der Waals surface area (Å²) in [6, 6.07) is 4.03. The Kier molecular flexibility index (Phi) is 2.62. The highest BCUT2D eigenvalue weighted by atomic mass is 32.2. The first-order valence-electron chi connectivity index (χ1n) is 4.93. The van der Waals surface area contributed by atoms with Crippen LogP contribution in [-0.4, -0.2) is 24.1 Å². The third-order valence-corrected chi connectivity index (χ3v) is 4.18. The van der Waals surface area contributed by atoms with Crippen molar-refractivity contribution >= 4 is 20.7 Å². The summed E-state index contributed by atoms with van der Waals surface area (Å²) in [5.74, 6) is -0.0358. The molecule has 1 aromatic heterocycles. The molecule has 0 spiro atoms. The Hall–Kier alpha value is -1.89. The number of aromatic amines is 2. The lowest BCUT2D eigenvalue weighted by Crippen LogP contribution is -2.22. The number of H-pyrrole nitrogens is 2. The zero-order valence-electron chi connectivity index (χ0n) is 8.98. The first-order valence-corrected chi connectivity index (χ1v) is 6.58. The molecule has 0 fully saturated rings. The van der Waals surface area contributed by atoms with E-state index >= 15 is 0 Å². The first-order chi connectivity index (χ1) is 7.94. The van der Waals surface area contributed by atoms with E-state index in [0.717, 1.165) is 0 Å². The van der Waals surface area contributed by atoms with Crippen molar-refractivity contribution in [3.63, 3.8) is 0 Å². The monoisotopic (exact) mass is 254 g/mol. The van der Waals surface area contributed by atoms with E-state index < -0.39 is 21.1 Å². The molecule has 0 bridgehead atoms. The Balaban J connectivity index is 2.84. The summed E-state index contributed by atoms with van der Waals surface area (Å²) in [4.78, 5) is 27.0. The van der Waals surface area contributed by atoms with Crippen molar-refractivity contribution < 1.29 is 8.42 Å². The number of nitrogens with one attached hydrogen (secondary N) is 2. The maximum absolute atomic E-state index is 11.6. The first kappa shape index (κ1) is 11.6. The normalized spacial score (nSPS) is 11.8. The molecule has 0 unspecified atom stereocenters. The number of aromatic nitrogens is 2.